The van der Waals surface area contributed by atoms with Crippen molar-refractivity contribution >= 4 is 23.5 Å². The number of hydrogen-bond acceptors (Lipinski definition) is 4. The lowest BCUT2D eigenvalue weighted by Gasteiger charge is -2.03. The molecule has 6 heteroatoms. The molecule has 2 heterocycles. The molecule has 0 aliphatic heterocycles. The zero-order chi connectivity index (χ0) is 19.1. The van der Waals surface area contributed by atoms with Crippen molar-refractivity contribution < 1.29 is 9.97 Å². The van der Waals surface area contributed by atoms with E-state index in [4.69, 9.17) is 0 Å². The van der Waals surface area contributed by atoms with Crippen LogP contribution in [0.5, 0.6) is 0 Å². The Bertz CT molecular complexity index is 805. The molecule has 26 heavy (non-hydrogen) atoms. The molecule has 134 valence electrons. The first-order chi connectivity index (χ1) is 12.5. The van der Waals surface area contributed by atoms with Gasteiger partial charge in [0.1, 0.15) is 23.3 Å². The van der Waals surface area contributed by atoms with Crippen LogP contribution in [-0.2, 0) is 0 Å². The van der Waals surface area contributed by atoms with Gasteiger partial charge in [-0.05, 0) is 37.8 Å². The number of unbranched alkanes of at least 4 members (excludes halogenated alkanes) is 1. The molecule has 0 aromatic carbocycles. The Morgan fingerprint density at radius 1 is 0.769 bits per heavy atom. The Kier molecular flexibility index (Phi) is 7.50. The minimum Gasteiger partial charge on any atom is -0.202 e. The number of H-pyrrole nitrogens is 2. The molecule has 2 N–H and O–H groups in total. The lowest BCUT2D eigenvalue weighted by Crippen LogP contribution is -2.14. The molecule has 0 bridgehead atoms. The number of aryl methyl sites for hydroxylation is 4. The van der Waals surface area contributed by atoms with Gasteiger partial charge in [0.25, 0.3) is 10.1 Å². The second-order valence-electron chi connectivity index (χ2n) is 6.31. The number of rotatable bonds is 7. The summed E-state index contributed by atoms with van der Waals surface area (Å²) in [7, 11) is 0. The topological polar surface area (TPSA) is 75.9 Å². The van der Waals surface area contributed by atoms with Gasteiger partial charge in [0, 0.05) is 37.5 Å². The van der Waals surface area contributed by atoms with Crippen LogP contribution in [0.2, 0.25) is 0 Å². The highest BCUT2D eigenvalue weighted by molar-refractivity contribution is 7.99. The standard InChI is InChI=1S/C20H22N4S2/c1-13-9-15(3)23-19(17(13)11-21)25-7-5-6-8-26-20-18(12-22)14(2)10-16(4)24-20/h9-10H,5-8H2,1-4H3/p+2. The van der Waals surface area contributed by atoms with Crippen molar-refractivity contribution in [3.63, 3.8) is 0 Å². The number of nitrogens with one attached hydrogen (secondary N) is 2. The average Bonchev–Trinajstić information content (AvgIpc) is 2.57. The summed E-state index contributed by atoms with van der Waals surface area (Å²) in [4.78, 5) is 6.61. The monoisotopic (exact) mass is 384 g/mol. The van der Waals surface area contributed by atoms with E-state index in [0.717, 1.165) is 68.0 Å². The van der Waals surface area contributed by atoms with Crippen LogP contribution >= 0.6 is 23.5 Å². The van der Waals surface area contributed by atoms with Gasteiger partial charge in [-0.3, -0.25) is 0 Å². The quantitative estimate of drug-likeness (QED) is 0.535. The predicted octanol–water partition coefficient (Wildman–Crippen LogP) is 3.96. The molecular formula is C20H24N4S2+2. The van der Waals surface area contributed by atoms with E-state index < -0.39 is 0 Å². The van der Waals surface area contributed by atoms with Gasteiger partial charge >= 0.3 is 0 Å². The van der Waals surface area contributed by atoms with Crippen LogP contribution in [0.1, 0.15) is 46.5 Å². The van der Waals surface area contributed by atoms with Crippen molar-refractivity contribution in [1.82, 2.24) is 0 Å². The van der Waals surface area contributed by atoms with Gasteiger partial charge in [-0.2, -0.15) is 10.5 Å². The number of thioether (sulfide) groups is 2. The minimum absolute atomic E-state index is 0.749. The summed E-state index contributed by atoms with van der Waals surface area (Å²) in [5, 5.41) is 20.6. The van der Waals surface area contributed by atoms with Crippen LogP contribution in [0, 0.1) is 50.4 Å². The predicted molar refractivity (Wildman–Crippen MR) is 105 cm³/mol. The van der Waals surface area contributed by atoms with E-state index in [2.05, 4.69) is 22.1 Å². The third-order valence-corrected chi connectivity index (χ3v) is 6.16. The number of aromatic nitrogens is 2. The molecule has 0 atom stereocenters. The van der Waals surface area contributed by atoms with Crippen LogP contribution in [0.25, 0.3) is 0 Å². The van der Waals surface area contributed by atoms with Gasteiger partial charge in [0.2, 0.25) is 0 Å². The molecule has 0 saturated carbocycles. The van der Waals surface area contributed by atoms with Crippen LogP contribution in [-0.4, -0.2) is 11.5 Å². The van der Waals surface area contributed by atoms with E-state index >= 15 is 0 Å². The first-order valence-electron chi connectivity index (χ1n) is 8.59. The number of pyridine rings is 2. The third kappa shape index (κ3) is 5.24. The second kappa shape index (κ2) is 9.62. The third-order valence-electron chi connectivity index (χ3n) is 3.99. The van der Waals surface area contributed by atoms with Crippen LogP contribution < -0.4 is 9.97 Å². The van der Waals surface area contributed by atoms with Gasteiger partial charge in [-0.15, -0.1) is 0 Å². The first kappa shape index (κ1) is 20.3. The molecule has 0 fully saturated rings. The fourth-order valence-corrected chi connectivity index (χ4v) is 5.03. The van der Waals surface area contributed by atoms with E-state index in [1.165, 1.54) is 0 Å². The maximum absolute atomic E-state index is 9.33. The molecule has 0 saturated heterocycles. The minimum atomic E-state index is 0.749. The number of nitrogens with zero attached hydrogens (tertiary/aromatic N) is 2. The lowest BCUT2D eigenvalue weighted by atomic mass is 10.1. The fraction of sp³-hybridized carbons (Fsp3) is 0.400. The Balaban J connectivity index is 1.85. The summed E-state index contributed by atoms with van der Waals surface area (Å²) in [5.74, 6) is 1.94. The van der Waals surface area contributed by atoms with E-state index in [1.54, 1.807) is 23.5 Å². The number of nitriles is 2. The lowest BCUT2D eigenvalue weighted by molar-refractivity contribution is -0.436. The summed E-state index contributed by atoms with van der Waals surface area (Å²) in [6.07, 6.45) is 2.13. The van der Waals surface area contributed by atoms with E-state index in [-0.39, 0.29) is 0 Å². The van der Waals surface area contributed by atoms with Gasteiger partial charge in [-0.25, -0.2) is 9.97 Å². The molecule has 0 spiro atoms. The summed E-state index contributed by atoms with van der Waals surface area (Å²) < 4.78 is 0. The zero-order valence-corrected chi connectivity index (χ0v) is 17.3. The Morgan fingerprint density at radius 2 is 1.15 bits per heavy atom. The summed E-state index contributed by atoms with van der Waals surface area (Å²) in [6, 6.07) is 8.61. The average molecular weight is 385 g/mol. The summed E-state index contributed by atoms with van der Waals surface area (Å²) >= 11 is 3.42. The van der Waals surface area contributed by atoms with E-state index in [0.29, 0.717) is 0 Å². The number of aromatic amines is 2. The highest BCUT2D eigenvalue weighted by Crippen LogP contribution is 2.24. The van der Waals surface area contributed by atoms with Crippen LogP contribution in [0.3, 0.4) is 0 Å². The molecule has 2 aromatic heterocycles. The molecule has 2 rings (SSSR count). The maximum atomic E-state index is 9.33. The molecule has 0 radical (unpaired) electrons. The normalized spacial score (nSPS) is 10.4. The molecule has 0 aliphatic rings. The first-order valence-corrected chi connectivity index (χ1v) is 10.6. The SMILES string of the molecule is Cc1cc(C)c(C#N)c(SCCCCSc2[nH+]c(C)cc(C)c2C#N)[nH+]1. The van der Waals surface area contributed by atoms with Crippen molar-refractivity contribution in [3.8, 4) is 12.1 Å². The number of hydrogen-bond donors (Lipinski definition) is 0. The maximum Gasteiger partial charge on any atom is 0.256 e. The van der Waals surface area contributed by atoms with Crippen LogP contribution in [0.15, 0.2) is 22.2 Å². The van der Waals surface area contributed by atoms with Gasteiger partial charge in [0.15, 0.2) is 11.4 Å². The van der Waals surface area contributed by atoms with Crippen molar-refractivity contribution in [2.24, 2.45) is 0 Å². The highest BCUT2D eigenvalue weighted by atomic mass is 32.2. The van der Waals surface area contributed by atoms with E-state index in [9.17, 15) is 10.5 Å². The van der Waals surface area contributed by atoms with Gasteiger partial charge < -0.3 is 0 Å². The largest absolute Gasteiger partial charge is 0.256 e. The van der Waals surface area contributed by atoms with Crippen molar-refractivity contribution in [2.45, 2.75) is 50.6 Å². The summed E-state index contributed by atoms with van der Waals surface area (Å²) in [6.45, 7) is 7.99. The molecule has 0 amide bonds. The van der Waals surface area contributed by atoms with Crippen LogP contribution in [0.4, 0.5) is 0 Å². The Morgan fingerprint density at radius 3 is 1.50 bits per heavy atom. The Labute approximate surface area is 164 Å². The summed E-state index contributed by atoms with van der Waals surface area (Å²) in [5.41, 5.74) is 5.70. The Hall–Kier alpha value is -2.02. The van der Waals surface area contributed by atoms with E-state index in [1.807, 2.05) is 39.8 Å². The van der Waals surface area contributed by atoms with Crippen molar-refractivity contribution in [3.05, 3.63) is 45.8 Å². The smallest absolute Gasteiger partial charge is 0.202 e. The van der Waals surface area contributed by atoms with Gasteiger partial charge in [-0.1, -0.05) is 23.5 Å². The highest BCUT2D eigenvalue weighted by Gasteiger charge is 2.16. The molecule has 0 unspecified atom stereocenters. The van der Waals surface area contributed by atoms with Gasteiger partial charge in [0.05, 0.1) is 0 Å². The second-order valence-corrected chi connectivity index (χ2v) is 8.52. The molecule has 2 aromatic rings. The molecule has 4 nitrogen and oxygen atoms in total. The van der Waals surface area contributed by atoms with Crippen molar-refractivity contribution in [2.75, 3.05) is 11.5 Å². The zero-order valence-electron chi connectivity index (χ0n) is 15.7. The molecular weight excluding hydrogens is 360 g/mol. The molecule has 0 aliphatic carbocycles. The van der Waals surface area contributed by atoms with Crippen molar-refractivity contribution in [1.29, 1.82) is 10.5 Å². The fourth-order valence-electron chi connectivity index (χ4n) is 2.75.